The number of pyridine rings is 1. The molecule has 16 heavy (non-hydrogen) atoms. The molecule has 0 atom stereocenters. The molecule has 1 aliphatic rings. The van der Waals surface area contributed by atoms with Crippen LogP contribution in [0.3, 0.4) is 0 Å². The van der Waals surface area contributed by atoms with Crippen molar-refractivity contribution in [2.24, 2.45) is 0 Å². The number of hydrogen-bond acceptors (Lipinski definition) is 3. The second kappa shape index (κ2) is 4.36. The van der Waals surface area contributed by atoms with Crippen molar-refractivity contribution in [3.63, 3.8) is 0 Å². The van der Waals surface area contributed by atoms with Gasteiger partial charge < -0.3 is 5.32 Å². The number of rotatable bonds is 1. The smallest absolute Gasteiger partial charge is 0.156 e. The van der Waals surface area contributed by atoms with Gasteiger partial charge >= 0.3 is 0 Å². The number of alkyl halides is 1. The number of aromatic nitrogens is 1. The zero-order chi connectivity index (χ0) is 11.6. The van der Waals surface area contributed by atoms with E-state index < -0.39 is 5.67 Å². The molecule has 0 bridgehead atoms. The van der Waals surface area contributed by atoms with Crippen molar-refractivity contribution in [1.82, 2.24) is 10.3 Å². The van der Waals surface area contributed by atoms with E-state index in [0.29, 0.717) is 31.5 Å². The molecule has 0 radical (unpaired) electrons. The van der Waals surface area contributed by atoms with Gasteiger partial charge in [-0.25, -0.2) is 4.39 Å². The van der Waals surface area contributed by atoms with Crippen molar-refractivity contribution in [3.8, 4) is 6.07 Å². The third-order valence-corrected chi connectivity index (χ3v) is 3.08. The first-order valence-electron chi connectivity index (χ1n) is 5.11. The molecule has 3 nitrogen and oxygen atoms in total. The third kappa shape index (κ3) is 2.01. The minimum absolute atomic E-state index is 0.239. The Kier molecular flexibility index (Phi) is 3.08. The van der Waals surface area contributed by atoms with Gasteiger partial charge in [0.15, 0.2) is 5.67 Å². The Morgan fingerprint density at radius 1 is 1.50 bits per heavy atom. The largest absolute Gasteiger partial charge is 0.316 e. The predicted octanol–water partition coefficient (Wildman–Crippen LogP) is 2.15. The number of piperidine rings is 1. The Bertz CT molecular complexity index is 435. The number of nitriles is 1. The quantitative estimate of drug-likeness (QED) is 0.817. The van der Waals surface area contributed by atoms with E-state index in [0.717, 1.165) is 0 Å². The Labute approximate surface area is 98.2 Å². The van der Waals surface area contributed by atoms with Crippen LogP contribution in [0.15, 0.2) is 12.3 Å². The summed E-state index contributed by atoms with van der Waals surface area (Å²) in [5, 5.41) is 12.0. The monoisotopic (exact) mass is 239 g/mol. The molecular weight excluding hydrogens is 229 g/mol. The highest BCUT2D eigenvalue weighted by Crippen LogP contribution is 2.37. The average molecular weight is 240 g/mol. The molecular formula is C11H11ClFN3. The topological polar surface area (TPSA) is 48.7 Å². The second-order valence-electron chi connectivity index (χ2n) is 3.88. The lowest BCUT2D eigenvalue weighted by Crippen LogP contribution is -2.37. The van der Waals surface area contributed by atoms with Crippen LogP contribution in [0.1, 0.15) is 24.1 Å². The van der Waals surface area contributed by atoms with E-state index in [-0.39, 0.29) is 10.7 Å². The fourth-order valence-electron chi connectivity index (χ4n) is 1.89. The Morgan fingerprint density at radius 3 is 2.75 bits per heavy atom. The first-order chi connectivity index (χ1) is 7.65. The van der Waals surface area contributed by atoms with E-state index in [9.17, 15) is 4.39 Å². The zero-order valence-corrected chi connectivity index (χ0v) is 9.39. The fourth-order valence-corrected chi connectivity index (χ4v) is 2.22. The summed E-state index contributed by atoms with van der Waals surface area (Å²) in [6.45, 7) is 1.24. The van der Waals surface area contributed by atoms with Gasteiger partial charge in [-0.2, -0.15) is 5.26 Å². The van der Waals surface area contributed by atoms with Crippen LogP contribution in [0, 0.1) is 11.3 Å². The fraction of sp³-hybridized carbons (Fsp3) is 0.455. The van der Waals surface area contributed by atoms with Crippen LogP contribution in [0.2, 0.25) is 5.02 Å². The lowest BCUT2D eigenvalue weighted by atomic mass is 9.90. The number of nitrogens with one attached hydrogen (secondary N) is 1. The van der Waals surface area contributed by atoms with Crippen LogP contribution >= 0.6 is 11.6 Å². The van der Waals surface area contributed by atoms with Crippen molar-refractivity contribution >= 4 is 11.6 Å². The molecule has 5 heteroatoms. The lowest BCUT2D eigenvalue weighted by Gasteiger charge is -2.30. The molecule has 0 aliphatic carbocycles. The SMILES string of the molecule is N#Cc1cnc(C2(F)CCNCC2)c(Cl)c1. The molecule has 0 unspecified atom stereocenters. The summed E-state index contributed by atoms with van der Waals surface area (Å²) >= 11 is 5.96. The molecule has 0 spiro atoms. The lowest BCUT2D eigenvalue weighted by molar-refractivity contribution is 0.110. The van der Waals surface area contributed by atoms with E-state index in [1.54, 1.807) is 0 Å². The Morgan fingerprint density at radius 2 is 2.19 bits per heavy atom. The summed E-state index contributed by atoms with van der Waals surface area (Å²) in [6, 6.07) is 3.39. The Hall–Kier alpha value is -1.18. The molecule has 2 heterocycles. The molecule has 84 valence electrons. The van der Waals surface area contributed by atoms with Gasteiger partial charge in [0.05, 0.1) is 16.3 Å². The van der Waals surface area contributed by atoms with Gasteiger partial charge in [-0.15, -0.1) is 0 Å². The molecule has 0 saturated carbocycles. The second-order valence-corrected chi connectivity index (χ2v) is 4.29. The molecule has 0 amide bonds. The summed E-state index contributed by atoms with van der Waals surface area (Å²) in [6.07, 6.45) is 2.10. The van der Waals surface area contributed by atoms with Gasteiger partial charge in [-0.1, -0.05) is 11.6 Å². The number of nitrogens with zero attached hydrogens (tertiary/aromatic N) is 2. The van der Waals surface area contributed by atoms with Crippen LogP contribution in [0.4, 0.5) is 4.39 Å². The molecule has 0 aromatic carbocycles. The molecule has 1 saturated heterocycles. The summed E-state index contributed by atoms with van der Waals surface area (Å²) in [5.41, 5.74) is -0.850. The third-order valence-electron chi connectivity index (χ3n) is 2.79. The first kappa shape index (κ1) is 11.3. The van der Waals surface area contributed by atoms with Gasteiger partial charge in [0.25, 0.3) is 0 Å². The number of halogens is 2. The molecule has 1 aromatic rings. The van der Waals surface area contributed by atoms with Crippen molar-refractivity contribution in [2.45, 2.75) is 18.5 Å². The first-order valence-corrected chi connectivity index (χ1v) is 5.49. The molecule has 1 fully saturated rings. The highest BCUT2D eigenvalue weighted by Gasteiger charge is 2.36. The van der Waals surface area contributed by atoms with Crippen LogP contribution < -0.4 is 5.32 Å². The van der Waals surface area contributed by atoms with Crippen LogP contribution in [0.5, 0.6) is 0 Å². The van der Waals surface area contributed by atoms with E-state index in [1.807, 2.05) is 6.07 Å². The predicted molar refractivity (Wildman–Crippen MR) is 58.9 cm³/mol. The van der Waals surface area contributed by atoms with Crippen LogP contribution in [0.25, 0.3) is 0 Å². The molecule has 1 aromatic heterocycles. The van der Waals surface area contributed by atoms with Gasteiger partial charge in [0.1, 0.15) is 6.07 Å². The van der Waals surface area contributed by atoms with Gasteiger partial charge in [0.2, 0.25) is 0 Å². The van der Waals surface area contributed by atoms with E-state index in [4.69, 9.17) is 16.9 Å². The van der Waals surface area contributed by atoms with Gasteiger partial charge in [-0.3, -0.25) is 4.98 Å². The van der Waals surface area contributed by atoms with E-state index >= 15 is 0 Å². The van der Waals surface area contributed by atoms with Crippen molar-refractivity contribution < 1.29 is 4.39 Å². The van der Waals surface area contributed by atoms with E-state index in [2.05, 4.69) is 10.3 Å². The van der Waals surface area contributed by atoms with Gasteiger partial charge in [-0.05, 0) is 32.0 Å². The van der Waals surface area contributed by atoms with Gasteiger partial charge in [0, 0.05) is 6.20 Å². The minimum atomic E-state index is -1.46. The molecule has 1 N–H and O–H groups in total. The van der Waals surface area contributed by atoms with Crippen molar-refractivity contribution in [3.05, 3.63) is 28.5 Å². The average Bonchev–Trinajstić information content (AvgIpc) is 2.29. The minimum Gasteiger partial charge on any atom is -0.316 e. The normalized spacial score (nSPS) is 19.1. The maximum absolute atomic E-state index is 14.5. The van der Waals surface area contributed by atoms with Crippen LogP contribution in [-0.4, -0.2) is 18.1 Å². The number of hydrogen-bond donors (Lipinski definition) is 1. The Balaban J connectivity index is 2.36. The summed E-state index contributed by atoms with van der Waals surface area (Å²) in [4.78, 5) is 3.99. The van der Waals surface area contributed by atoms with Crippen molar-refractivity contribution in [2.75, 3.05) is 13.1 Å². The van der Waals surface area contributed by atoms with E-state index in [1.165, 1.54) is 12.3 Å². The summed E-state index contributed by atoms with van der Waals surface area (Å²) in [5.74, 6) is 0. The highest BCUT2D eigenvalue weighted by atomic mass is 35.5. The molecule has 1 aliphatic heterocycles. The molecule has 2 rings (SSSR count). The maximum Gasteiger partial charge on any atom is 0.156 e. The standard InChI is InChI=1S/C11H11ClFN3/c12-9-5-8(6-14)7-16-10(9)11(13)1-3-15-4-2-11/h5,7,15H,1-4H2. The zero-order valence-electron chi connectivity index (χ0n) is 8.63. The summed E-state index contributed by atoms with van der Waals surface area (Å²) in [7, 11) is 0. The maximum atomic E-state index is 14.5. The van der Waals surface area contributed by atoms with Crippen LogP contribution in [-0.2, 0) is 5.67 Å². The highest BCUT2D eigenvalue weighted by molar-refractivity contribution is 6.31. The summed E-state index contributed by atoms with van der Waals surface area (Å²) < 4.78 is 14.5. The van der Waals surface area contributed by atoms with Crippen molar-refractivity contribution in [1.29, 1.82) is 5.26 Å².